The van der Waals surface area contributed by atoms with Gasteiger partial charge in [-0.25, -0.2) is 8.42 Å². The van der Waals surface area contributed by atoms with E-state index in [0.717, 1.165) is 23.8 Å². The van der Waals surface area contributed by atoms with Gasteiger partial charge in [-0.05, 0) is 54.3 Å². The number of hydrogen-bond donors (Lipinski definition) is 1. The van der Waals surface area contributed by atoms with Crippen LogP contribution in [0.4, 0.5) is 5.69 Å². The van der Waals surface area contributed by atoms with E-state index >= 15 is 0 Å². The lowest BCUT2D eigenvalue weighted by molar-refractivity contribution is -0.141. The Morgan fingerprint density at radius 3 is 2.17 bits per heavy atom. The van der Waals surface area contributed by atoms with E-state index in [4.69, 9.17) is 23.2 Å². The number of nitrogens with zero attached hydrogens (tertiary/aromatic N) is 2. The first kappa shape index (κ1) is 31.5. The van der Waals surface area contributed by atoms with Crippen LogP contribution in [0.1, 0.15) is 37.3 Å². The number of halogens is 2. The van der Waals surface area contributed by atoms with Crippen LogP contribution in [0.2, 0.25) is 10.0 Å². The molecule has 0 aromatic heterocycles. The van der Waals surface area contributed by atoms with Crippen LogP contribution in [0.3, 0.4) is 0 Å². The summed E-state index contributed by atoms with van der Waals surface area (Å²) in [5.41, 5.74) is 2.14. The predicted molar refractivity (Wildman–Crippen MR) is 162 cm³/mol. The average Bonchev–Trinajstić information content (AvgIpc) is 2.91. The van der Waals surface area contributed by atoms with Crippen molar-refractivity contribution in [3.8, 4) is 0 Å². The summed E-state index contributed by atoms with van der Waals surface area (Å²) >= 11 is 12.3. The Kier molecular flexibility index (Phi) is 11.9. The van der Waals surface area contributed by atoms with Gasteiger partial charge in [0.2, 0.25) is 21.8 Å². The second-order valence-corrected chi connectivity index (χ2v) is 12.3. The summed E-state index contributed by atoms with van der Waals surface area (Å²) in [5, 5.41) is 3.89. The van der Waals surface area contributed by atoms with Crippen LogP contribution in [-0.4, -0.2) is 50.5 Å². The van der Waals surface area contributed by atoms with Crippen LogP contribution in [0, 0.1) is 0 Å². The number of sulfonamides is 1. The Morgan fingerprint density at radius 1 is 0.900 bits per heavy atom. The van der Waals surface area contributed by atoms with Gasteiger partial charge in [0.25, 0.3) is 0 Å². The SMILES string of the molecule is CCCNC(=O)C(Cc1ccccc1)N(Cc1cccc(Cl)c1)C(=O)CCCN(c1cccc(Cl)c1)S(C)(=O)=O. The molecule has 0 saturated carbocycles. The molecule has 0 bridgehead atoms. The fourth-order valence-corrected chi connectivity index (χ4v) is 5.74. The monoisotopic (exact) mass is 603 g/mol. The summed E-state index contributed by atoms with van der Waals surface area (Å²) in [4.78, 5) is 28.8. The molecule has 3 aromatic rings. The van der Waals surface area contributed by atoms with E-state index in [1.54, 1.807) is 47.4 Å². The highest BCUT2D eigenvalue weighted by Crippen LogP contribution is 2.23. The molecule has 0 saturated heterocycles. The smallest absolute Gasteiger partial charge is 0.243 e. The van der Waals surface area contributed by atoms with Crippen LogP contribution in [-0.2, 0) is 32.6 Å². The maximum atomic E-state index is 13.8. The Morgan fingerprint density at radius 2 is 1.55 bits per heavy atom. The lowest BCUT2D eigenvalue weighted by Crippen LogP contribution is -2.50. The molecule has 0 fully saturated rings. The van der Waals surface area contributed by atoms with Crippen LogP contribution in [0.5, 0.6) is 0 Å². The van der Waals surface area contributed by atoms with E-state index in [9.17, 15) is 18.0 Å². The van der Waals surface area contributed by atoms with Crippen molar-refractivity contribution in [1.82, 2.24) is 10.2 Å². The van der Waals surface area contributed by atoms with Crippen LogP contribution in [0.15, 0.2) is 78.9 Å². The number of rotatable bonds is 14. The molecule has 3 rings (SSSR count). The number of benzene rings is 3. The molecule has 0 spiro atoms. The molecular formula is C30H35Cl2N3O4S. The van der Waals surface area contributed by atoms with E-state index in [1.165, 1.54) is 4.31 Å². The van der Waals surface area contributed by atoms with E-state index < -0.39 is 16.1 Å². The van der Waals surface area contributed by atoms with Crippen molar-refractivity contribution in [2.45, 2.75) is 45.2 Å². The van der Waals surface area contributed by atoms with Crippen molar-refractivity contribution >= 4 is 50.7 Å². The number of anilines is 1. The molecule has 0 aliphatic heterocycles. The fourth-order valence-electron chi connectivity index (χ4n) is 4.39. The summed E-state index contributed by atoms with van der Waals surface area (Å²) in [5.74, 6) is -0.495. The van der Waals surface area contributed by atoms with Gasteiger partial charge < -0.3 is 10.2 Å². The molecule has 0 aliphatic rings. The molecule has 10 heteroatoms. The first-order valence-electron chi connectivity index (χ1n) is 13.2. The zero-order valence-electron chi connectivity index (χ0n) is 22.7. The molecular weight excluding hydrogens is 569 g/mol. The summed E-state index contributed by atoms with van der Waals surface area (Å²) in [7, 11) is -3.62. The van der Waals surface area contributed by atoms with Crippen molar-refractivity contribution in [3.63, 3.8) is 0 Å². The number of amides is 2. The van der Waals surface area contributed by atoms with E-state index in [0.29, 0.717) is 28.7 Å². The van der Waals surface area contributed by atoms with Crippen LogP contribution < -0.4 is 9.62 Å². The van der Waals surface area contributed by atoms with Gasteiger partial charge in [0.15, 0.2) is 0 Å². The van der Waals surface area contributed by atoms with Gasteiger partial charge in [-0.1, -0.05) is 78.7 Å². The Labute approximate surface area is 247 Å². The Balaban J connectivity index is 1.87. The maximum absolute atomic E-state index is 13.8. The van der Waals surface area contributed by atoms with Crippen LogP contribution in [0.25, 0.3) is 0 Å². The van der Waals surface area contributed by atoms with Gasteiger partial charge >= 0.3 is 0 Å². The minimum atomic E-state index is -3.62. The number of nitrogens with one attached hydrogen (secondary N) is 1. The van der Waals surface area contributed by atoms with Crippen molar-refractivity contribution in [2.75, 3.05) is 23.7 Å². The highest BCUT2D eigenvalue weighted by atomic mass is 35.5. The summed E-state index contributed by atoms with van der Waals surface area (Å²) in [6.07, 6.45) is 2.51. The van der Waals surface area contributed by atoms with Crippen LogP contribution >= 0.6 is 23.2 Å². The van der Waals surface area contributed by atoms with Crippen molar-refractivity contribution in [1.29, 1.82) is 0 Å². The van der Waals surface area contributed by atoms with Gasteiger partial charge in [0.1, 0.15) is 6.04 Å². The second-order valence-electron chi connectivity index (χ2n) is 9.57. The van der Waals surface area contributed by atoms with Gasteiger partial charge in [-0.3, -0.25) is 13.9 Å². The van der Waals surface area contributed by atoms with Gasteiger partial charge in [0, 0.05) is 42.5 Å². The molecule has 3 aromatic carbocycles. The third kappa shape index (κ3) is 9.54. The molecule has 0 aliphatic carbocycles. The maximum Gasteiger partial charge on any atom is 0.243 e. The third-order valence-electron chi connectivity index (χ3n) is 6.31. The zero-order valence-corrected chi connectivity index (χ0v) is 25.1. The lowest BCUT2D eigenvalue weighted by Gasteiger charge is -2.32. The minimum absolute atomic E-state index is 0.0412. The number of carbonyl (C=O) groups excluding carboxylic acids is 2. The highest BCUT2D eigenvalue weighted by Gasteiger charge is 2.30. The van der Waals surface area contributed by atoms with Gasteiger partial charge in [-0.15, -0.1) is 0 Å². The second kappa shape index (κ2) is 15.1. The highest BCUT2D eigenvalue weighted by molar-refractivity contribution is 7.92. The summed E-state index contributed by atoms with van der Waals surface area (Å²) in [6, 6.07) is 22.6. The zero-order chi connectivity index (χ0) is 29.1. The topological polar surface area (TPSA) is 86.8 Å². The van der Waals surface area contributed by atoms with Crippen molar-refractivity contribution in [2.24, 2.45) is 0 Å². The molecule has 214 valence electrons. The number of carbonyl (C=O) groups is 2. The Hall–Kier alpha value is -3.07. The van der Waals surface area contributed by atoms with E-state index in [1.807, 2.05) is 43.3 Å². The third-order valence-corrected chi connectivity index (χ3v) is 7.97. The van der Waals surface area contributed by atoms with Crippen molar-refractivity contribution < 1.29 is 18.0 Å². The fraction of sp³-hybridized carbons (Fsp3) is 0.333. The van der Waals surface area contributed by atoms with Gasteiger partial charge in [-0.2, -0.15) is 0 Å². The molecule has 0 heterocycles. The average molecular weight is 605 g/mol. The number of hydrogen-bond acceptors (Lipinski definition) is 4. The predicted octanol–water partition coefficient (Wildman–Crippen LogP) is 5.71. The lowest BCUT2D eigenvalue weighted by atomic mass is 10.0. The molecule has 1 unspecified atom stereocenters. The quantitative estimate of drug-likeness (QED) is 0.256. The molecule has 2 amide bonds. The molecule has 1 N–H and O–H groups in total. The normalized spacial score (nSPS) is 12.0. The summed E-state index contributed by atoms with van der Waals surface area (Å²) < 4.78 is 26.3. The molecule has 1 atom stereocenters. The first-order chi connectivity index (χ1) is 19.1. The Bertz CT molecular complexity index is 1390. The molecule has 0 radical (unpaired) electrons. The van der Waals surface area contributed by atoms with E-state index in [2.05, 4.69) is 5.32 Å². The molecule has 7 nitrogen and oxygen atoms in total. The van der Waals surface area contributed by atoms with Crippen molar-refractivity contribution in [3.05, 3.63) is 100 Å². The minimum Gasteiger partial charge on any atom is -0.354 e. The largest absolute Gasteiger partial charge is 0.354 e. The van der Waals surface area contributed by atoms with E-state index in [-0.39, 0.29) is 37.7 Å². The van der Waals surface area contributed by atoms with Gasteiger partial charge in [0.05, 0.1) is 11.9 Å². The summed E-state index contributed by atoms with van der Waals surface area (Å²) in [6.45, 7) is 2.73. The molecule has 40 heavy (non-hydrogen) atoms. The standard InChI is InChI=1S/C30H35Cl2N3O4S/c1-3-17-33-30(37)28(20-23-10-5-4-6-11-23)34(22-24-12-7-13-25(31)19-24)29(36)16-9-18-35(40(2,38)39)27-15-8-14-26(32)21-27/h4-8,10-15,19,21,28H,3,9,16-18,20,22H2,1-2H3,(H,33,37). The first-order valence-corrected chi connectivity index (χ1v) is 15.8.